The Balaban J connectivity index is 1.87. The Hall–Kier alpha value is -0.870. The number of ether oxygens (including phenoxy) is 1. The van der Waals surface area contributed by atoms with Crippen molar-refractivity contribution < 1.29 is 9.53 Å². The van der Waals surface area contributed by atoms with E-state index < -0.39 is 0 Å². The van der Waals surface area contributed by atoms with E-state index in [0.29, 0.717) is 0 Å². The molecular weight excluding hydrogens is 168 g/mol. The zero-order valence-electron chi connectivity index (χ0n) is 7.32. The molecule has 2 atom stereocenters. The summed E-state index contributed by atoms with van der Waals surface area (Å²) in [5.41, 5.74) is 6.68. The lowest BCUT2D eigenvalue weighted by atomic mass is 10.1. The SMILES string of the molecule is NCC(=O)N1CC=C2CC21C1CO1. The van der Waals surface area contributed by atoms with Crippen molar-refractivity contribution in [3.05, 3.63) is 11.6 Å². The van der Waals surface area contributed by atoms with Crippen LogP contribution in [-0.2, 0) is 9.53 Å². The Morgan fingerprint density at radius 1 is 1.85 bits per heavy atom. The molecular formula is C9H12N2O2. The third-order valence-electron chi connectivity index (χ3n) is 3.23. The van der Waals surface area contributed by atoms with Crippen molar-refractivity contribution in [2.24, 2.45) is 5.73 Å². The molecule has 2 unspecified atom stereocenters. The Kier molecular flexibility index (Phi) is 1.24. The van der Waals surface area contributed by atoms with Crippen LogP contribution in [0.15, 0.2) is 11.6 Å². The first-order chi connectivity index (χ1) is 6.29. The van der Waals surface area contributed by atoms with Crippen molar-refractivity contribution in [1.82, 2.24) is 4.90 Å². The quantitative estimate of drug-likeness (QED) is 0.449. The number of nitrogens with two attached hydrogens (primary N) is 1. The van der Waals surface area contributed by atoms with Crippen LogP contribution in [0.4, 0.5) is 0 Å². The summed E-state index contributed by atoms with van der Waals surface area (Å²) in [4.78, 5) is 13.4. The first-order valence-corrected chi connectivity index (χ1v) is 4.60. The molecule has 1 saturated carbocycles. The number of rotatable bonds is 2. The summed E-state index contributed by atoms with van der Waals surface area (Å²) in [5, 5.41) is 0. The van der Waals surface area contributed by atoms with Crippen molar-refractivity contribution in [1.29, 1.82) is 0 Å². The second kappa shape index (κ2) is 2.13. The van der Waals surface area contributed by atoms with Gasteiger partial charge < -0.3 is 15.4 Å². The van der Waals surface area contributed by atoms with Crippen LogP contribution in [0, 0.1) is 0 Å². The van der Waals surface area contributed by atoms with Gasteiger partial charge in [-0.05, 0) is 5.57 Å². The number of amides is 1. The van der Waals surface area contributed by atoms with E-state index >= 15 is 0 Å². The van der Waals surface area contributed by atoms with Gasteiger partial charge in [-0.25, -0.2) is 0 Å². The monoisotopic (exact) mass is 180 g/mol. The summed E-state index contributed by atoms with van der Waals surface area (Å²) in [7, 11) is 0. The second-order valence-electron chi connectivity index (χ2n) is 3.86. The number of fused-ring (bicyclic) bond motifs is 1. The van der Waals surface area contributed by atoms with Gasteiger partial charge in [-0.1, -0.05) is 6.08 Å². The fraction of sp³-hybridized carbons (Fsp3) is 0.667. The molecule has 2 fully saturated rings. The van der Waals surface area contributed by atoms with Gasteiger partial charge >= 0.3 is 0 Å². The lowest BCUT2D eigenvalue weighted by molar-refractivity contribution is -0.131. The molecule has 0 radical (unpaired) electrons. The largest absolute Gasteiger partial charge is 0.370 e. The highest BCUT2D eigenvalue weighted by molar-refractivity contribution is 5.82. The van der Waals surface area contributed by atoms with Crippen molar-refractivity contribution in [3.8, 4) is 0 Å². The molecule has 0 aromatic rings. The van der Waals surface area contributed by atoms with Crippen molar-refractivity contribution in [2.45, 2.75) is 18.1 Å². The van der Waals surface area contributed by atoms with E-state index in [-0.39, 0.29) is 24.1 Å². The zero-order valence-corrected chi connectivity index (χ0v) is 7.32. The molecule has 70 valence electrons. The van der Waals surface area contributed by atoms with Crippen LogP contribution in [0.3, 0.4) is 0 Å². The summed E-state index contributed by atoms with van der Waals surface area (Å²) >= 11 is 0. The van der Waals surface area contributed by atoms with E-state index in [4.69, 9.17) is 10.5 Å². The number of nitrogens with zero attached hydrogens (tertiary/aromatic N) is 1. The maximum Gasteiger partial charge on any atom is 0.237 e. The molecule has 0 spiro atoms. The molecule has 0 aromatic heterocycles. The molecule has 3 aliphatic rings. The van der Waals surface area contributed by atoms with Gasteiger partial charge in [0.1, 0.15) is 6.10 Å². The minimum absolute atomic E-state index is 0.0410. The third kappa shape index (κ3) is 0.796. The van der Waals surface area contributed by atoms with Crippen LogP contribution in [0.5, 0.6) is 0 Å². The highest BCUT2D eigenvalue weighted by Crippen LogP contribution is 2.57. The van der Waals surface area contributed by atoms with E-state index in [2.05, 4.69) is 6.08 Å². The molecule has 0 bridgehead atoms. The van der Waals surface area contributed by atoms with Crippen LogP contribution < -0.4 is 5.73 Å². The summed E-state index contributed by atoms with van der Waals surface area (Å²) in [6.07, 6.45) is 3.40. The predicted molar refractivity (Wildman–Crippen MR) is 45.9 cm³/mol. The molecule has 2 heterocycles. The fourth-order valence-electron chi connectivity index (χ4n) is 2.38. The second-order valence-corrected chi connectivity index (χ2v) is 3.86. The molecule has 2 aliphatic heterocycles. The average Bonchev–Trinajstić information content (AvgIpc) is 3.02. The molecule has 1 saturated heterocycles. The molecule has 1 amide bonds. The van der Waals surface area contributed by atoms with Crippen LogP contribution in [0.1, 0.15) is 6.42 Å². The molecule has 2 N–H and O–H groups in total. The smallest absolute Gasteiger partial charge is 0.237 e. The molecule has 4 nitrogen and oxygen atoms in total. The van der Waals surface area contributed by atoms with Gasteiger partial charge in [0, 0.05) is 13.0 Å². The van der Waals surface area contributed by atoms with E-state index in [1.54, 1.807) is 0 Å². The normalized spacial score (nSPS) is 39.9. The minimum Gasteiger partial charge on any atom is -0.370 e. The Labute approximate surface area is 76.3 Å². The van der Waals surface area contributed by atoms with E-state index in [1.165, 1.54) is 5.57 Å². The molecule has 4 heteroatoms. The van der Waals surface area contributed by atoms with E-state index in [1.807, 2.05) is 4.90 Å². The summed E-state index contributed by atoms with van der Waals surface area (Å²) in [6, 6.07) is 0. The van der Waals surface area contributed by atoms with Crippen LogP contribution in [0.25, 0.3) is 0 Å². The summed E-state index contributed by atoms with van der Waals surface area (Å²) < 4.78 is 5.29. The number of hydrogen-bond acceptors (Lipinski definition) is 3. The molecule has 0 aromatic carbocycles. The number of carbonyl (C=O) groups is 1. The minimum atomic E-state index is -0.0452. The Morgan fingerprint density at radius 3 is 3.15 bits per heavy atom. The Morgan fingerprint density at radius 2 is 2.62 bits per heavy atom. The van der Waals surface area contributed by atoms with E-state index in [0.717, 1.165) is 19.6 Å². The highest BCUT2D eigenvalue weighted by atomic mass is 16.6. The van der Waals surface area contributed by atoms with Crippen LogP contribution >= 0.6 is 0 Å². The van der Waals surface area contributed by atoms with E-state index in [9.17, 15) is 4.79 Å². The standard InChI is InChI=1S/C9H12N2O2/c10-4-8(12)11-2-1-6-3-9(6,11)7-5-13-7/h1,7H,2-5,10H2. The van der Waals surface area contributed by atoms with Gasteiger partial charge in [-0.3, -0.25) is 4.79 Å². The Bertz CT molecular complexity index is 309. The van der Waals surface area contributed by atoms with Crippen LogP contribution in [0.2, 0.25) is 0 Å². The number of carbonyl (C=O) groups excluding carboxylic acids is 1. The lowest BCUT2D eigenvalue weighted by Gasteiger charge is -2.26. The topological polar surface area (TPSA) is 58.9 Å². The third-order valence-corrected chi connectivity index (χ3v) is 3.23. The first-order valence-electron chi connectivity index (χ1n) is 4.60. The van der Waals surface area contributed by atoms with Gasteiger partial charge in [-0.2, -0.15) is 0 Å². The first kappa shape index (κ1) is 7.53. The number of epoxide rings is 1. The van der Waals surface area contributed by atoms with Crippen LogP contribution in [-0.4, -0.2) is 42.1 Å². The summed E-state index contributed by atoms with van der Waals surface area (Å²) in [6.45, 7) is 1.63. The summed E-state index contributed by atoms with van der Waals surface area (Å²) in [5.74, 6) is 0.0410. The predicted octanol–water partition coefficient (Wildman–Crippen LogP) is -0.745. The molecule has 1 aliphatic carbocycles. The average molecular weight is 180 g/mol. The lowest BCUT2D eigenvalue weighted by Crippen LogP contribution is -2.46. The molecule has 3 rings (SSSR count). The van der Waals surface area contributed by atoms with Gasteiger partial charge in [0.25, 0.3) is 0 Å². The van der Waals surface area contributed by atoms with Gasteiger partial charge in [0.2, 0.25) is 5.91 Å². The fourth-order valence-corrected chi connectivity index (χ4v) is 2.38. The maximum absolute atomic E-state index is 11.5. The zero-order chi connectivity index (χ0) is 9.05. The molecule has 13 heavy (non-hydrogen) atoms. The van der Waals surface area contributed by atoms with Crippen molar-refractivity contribution in [3.63, 3.8) is 0 Å². The van der Waals surface area contributed by atoms with Gasteiger partial charge in [0.05, 0.1) is 18.7 Å². The maximum atomic E-state index is 11.5. The van der Waals surface area contributed by atoms with Gasteiger partial charge in [-0.15, -0.1) is 0 Å². The van der Waals surface area contributed by atoms with Gasteiger partial charge in [0.15, 0.2) is 0 Å². The number of hydrogen-bond donors (Lipinski definition) is 1. The van der Waals surface area contributed by atoms with Crippen molar-refractivity contribution in [2.75, 3.05) is 19.7 Å². The highest BCUT2D eigenvalue weighted by Gasteiger charge is 2.66. The van der Waals surface area contributed by atoms with Crippen molar-refractivity contribution >= 4 is 5.91 Å².